The number of aryl methyl sites for hydroxylation is 2. The Balaban J connectivity index is 0.00000312. The fraction of sp³-hybridized carbons (Fsp3) is 0.500. The molecule has 0 aliphatic rings. The molecule has 0 N–H and O–H groups in total. The van der Waals surface area contributed by atoms with Gasteiger partial charge in [0.2, 0.25) is 0 Å². The molecule has 0 saturated heterocycles. The summed E-state index contributed by atoms with van der Waals surface area (Å²) in [6.45, 7) is 4.31. The Bertz CT molecular complexity index is 785. The number of unbranched alkanes of at least 4 members (excludes halogenated alkanes) is 4. The van der Waals surface area contributed by atoms with Gasteiger partial charge in [0.15, 0.2) is 0 Å². The molecule has 0 bridgehead atoms. The first kappa shape index (κ1) is 23.3. The zero-order valence-corrected chi connectivity index (χ0v) is 19.6. The molecule has 2 aromatic carbocycles. The van der Waals surface area contributed by atoms with E-state index in [0.29, 0.717) is 0 Å². The van der Waals surface area contributed by atoms with E-state index < -0.39 is 10.1 Å². The van der Waals surface area contributed by atoms with Crippen molar-refractivity contribution in [1.82, 2.24) is 0 Å². The van der Waals surface area contributed by atoms with Crippen LogP contribution in [0.3, 0.4) is 0 Å². The van der Waals surface area contributed by atoms with Crippen molar-refractivity contribution < 1.29 is 64.4 Å². The number of hydrogen-bond donors (Lipinski definition) is 0. The molecule has 0 saturated carbocycles. The molecule has 0 aliphatic heterocycles. The number of fused-ring (bicyclic) bond motifs is 1. The van der Waals surface area contributed by atoms with E-state index in [1.165, 1.54) is 24.5 Å². The molecule has 2 rings (SSSR count). The monoisotopic (exact) mass is 386 g/mol. The van der Waals surface area contributed by atoms with Gasteiger partial charge in [0.05, 0.1) is 4.90 Å². The molecule has 0 spiro atoms. The van der Waals surface area contributed by atoms with Gasteiger partial charge in [-0.3, -0.25) is 0 Å². The van der Waals surface area contributed by atoms with Gasteiger partial charge in [0.1, 0.15) is 10.1 Å². The maximum atomic E-state index is 11.5. The van der Waals surface area contributed by atoms with Crippen molar-refractivity contribution in [1.29, 1.82) is 0 Å². The molecule has 0 radical (unpaired) electrons. The van der Waals surface area contributed by atoms with E-state index in [-0.39, 0.29) is 56.3 Å². The van der Waals surface area contributed by atoms with Crippen LogP contribution in [0.15, 0.2) is 35.2 Å². The van der Waals surface area contributed by atoms with Crippen LogP contribution < -0.4 is 51.4 Å². The summed E-state index contributed by atoms with van der Waals surface area (Å²) in [6.07, 6.45) is 8.51. The van der Waals surface area contributed by atoms with E-state index in [0.717, 1.165) is 54.9 Å². The zero-order chi connectivity index (χ0) is 17.6. The summed E-state index contributed by atoms with van der Waals surface area (Å²) in [5.41, 5.74) is 2.17. The van der Waals surface area contributed by atoms with Crippen molar-refractivity contribution in [2.24, 2.45) is 0 Å². The van der Waals surface area contributed by atoms with Crippen LogP contribution in [-0.2, 0) is 23.0 Å². The van der Waals surface area contributed by atoms with Crippen molar-refractivity contribution in [2.45, 2.75) is 70.1 Å². The minimum absolute atomic E-state index is 0. The molecule has 5 heteroatoms. The molecular weight excluding hydrogens is 359 g/mol. The Hall–Kier alpha value is 0.246. The molecule has 3 nitrogen and oxygen atoms in total. The summed E-state index contributed by atoms with van der Waals surface area (Å²) in [5, 5.41) is 1.94. The van der Waals surface area contributed by atoms with Gasteiger partial charge in [-0.25, -0.2) is 8.42 Å². The zero-order valence-electron chi connectivity index (χ0n) is 15.7. The van der Waals surface area contributed by atoms with Gasteiger partial charge < -0.3 is 4.55 Å². The summed E-state index contributed by atoms with van der Waals surface area (Å²) in [6, 6.07) is 9.36. The number of benzene rings is 2. The van der Waals surface area contributed by atoms with Gasteiger partial charge in [-0.05, 0) is 59.7 Å². The minimum Gasteiger partial charge on any atom is -0.744 e. The van der Waals surface area contributed by atoms with Crippen LogP contribution in [0.1, 0.15) is 63.5 Å². The standard InChI is InChI=1S/C20H28O3S.K/c1-3-5-7-9-16-11-12-20-17(10-8-6-4-2)14-19(24(21,22)23)15-18(20)13-16;/h11-15H,3-10H2,1-2H3,(H,21,22,23);/q;+1/p-1. The molecular formula is C20H27KO3S. The summed E-state index contributed by atoms with van der Waals surface area (Å²) in [4.78, 5) is -0.104. The summed E-state index contributed by atoms with van der Waals surface area (Å²) in [5.74, 6) is 0. The smallest absolute Gasteiger partial charge is 0.744 e. The van der Waals surface area contributed by atoms with Crippen LogP contribution in [0.25, 0.3) is 10.8 Å². The van der Waals surface area contributed by atoms with E-state index in [4.69, 9.17) is 0 Å². The molecule has 0 amide bonds. The molecule has 0 heterocycles. The minimum atomic E-state index is -4.43. The normalized spacial score (nSPS) is 11.5. The SMILES string of the molecule is CCCCCc1ccc2c(CCCCC)cc(S(=O)(=O)[O-])cc2c1.[K+]. The first-order valence-corrected chi connectivity index (χ1v) is 10.4. The van der Waals surface area contributed by atoms with Crippen molar-refractivity contribution in [3.05, 3.63) is 41.5 Å². The Labute approximate surface area is 194 Å². The van der Waals surface area contributed by atoms with E-state index >= 15 is 0 Å². The van der Waals surface area contributed by atoms with Crippen LogP contribution in [0.4, 0.5) is 0 Å². The Morgan fingerprint density at radius 2 is 1.52 bits per heavy atom. The third-order valence-electron chi connectivity index (χ3n) is 4.48. The summed E-state index contributed by atoms with van der Waals surface area (Å²) in [7, 11) is -4.43. The van der Waals surface area contributed by atoms with Gasteiger partial charge >= 0.3 is 51.4 Å². The van der Waals surface area contributed by atoms with E-state index in [2.05, 4.69) is 26.0 Å². The summed E-state index contributed by atoms with van der Waals surface area (Å²) < 4.78 is 34.5. The van der Waals surface area contributed by atoms with Gasteiger partial charge in [-0.2, -0.15) is 0 Å². The topological polar surface area (TPSA) is 57.2 Å². The van der Waals surface area contributed by atoms with E-state index in [9.17, 15) is 13.0 Å². The average Bonchev–Trinajstić information content (AvgIpc) is 2.54. The van der Waals surface area contributed by atoms with Crippen LogP contribution in [-0.4, -0.2) is 13.0 Å². The van der Waals surface area contributed by atoms with E-state index in [1.54, 1.807) is 6.07 Å². The number of hydrogen-bond acceptors (Lipinski definition) is 3. The second-order valence-electron chi connectivity index (χ2n) is 6.51. The molecule has 132 valence electrons. The largest absolute Gasteiger partial charge is 1.00 e. The fourth-order valence-corrected chi connectivity index (χ4v) is 3.68. The first-order valence-electron chi connectivity index (χ1n) is 8.97. The molecule has 2 aromatic rings. The second-order valence-corrected chi connectivity index (χ2v) is 7.89. The first-order chi connectivity index (χ1) is 11.5. The van der Waals surface area contributed by atoms with E-state index in [1.807, 2.05) is 6.07 Å². The third kappa shape index (κ3) is 7.05. The molecule has 0 aliphatic carbocycles. The number of rotatable bonds is 9. The third-order valence-corrected chi connectivity index (χ3v) is 5.30. The maximum Gasteiger partial charge on any atom is 1.00 e. The Morgan fingerprint density at radius 1 is 0.880 bits per heavy atom. The van der Waals surface area contributed by atoms with Gasteiger partial charge in [0, 0.05) is 0 Å². The molecule has 25 heavy (non-hydrogen) atoms. The van der Waals surface area contributed by atoms with Crippen LogP contribution in [0.5, 0.6) is 0 Å². The molecule has 0 fully saturated rings. The predicted molar refractivity (Wildman–Crippen MR) is 98.4 cm³/mol. The molecule has 0 aromatic heterocycles. The van der Waals surface area contributed by atoms with Crippen LogP contribution >= 0.6 is 0 Å². The van der Waals surface area contributed by atoms with Gasteiger partial charge in [0.25, 0.3) is 0 Å². The van der Waals surface area contributed by atoms with Gasteiger partial charge in [-0.15, -0.1) is 0 Å². The Kier molecular flexibility index (Phi) is 10.4. The fourth-order valence-electron chi connectivity index (χ4n) is 3.12. The van der Waals surface area contributed by atoms with Crippen molar-refractivity contribution in [3.8, 4) is 0 Å². The maximum absolute atomic E-state index is 11.5. The predicted octanol–water partition coefficient (Wildman–Crippen LogP) is 2.21. The summed E-state index contributed by atoms with van der Waals surface area (Å²) >= 11 is 0. The van der Waals surface area contributed by atoms with Crippen molar-refractivity contribution in [2.75, 3.05) is 0 Å². The quantitative estimate of drug-likeness (QED) is 0.377. The van der Waals surface area contributed by atoms with Crippen molar-refractivity contribution >= 4 is 20.9 Å². The molecule has 0 atom stereocenters. The van der Waals surface area contributed by atoms with Crippen LogP contribution in [0.2, 0.25) is 0 Å². The second kappa shape index (κ2) is 11.2. The van der Waals surface area contributed by atoms with Crippen LogP contribution in [0, 0.1) is 0 Å². The molecule has 0 unspecified atom stereocenters. The van der Waals surface area contributed by atoms with Crippen molar-refractivity contribution in [3.63, 3.8) is 0 Å². The average molecular weight is 387 g/mol. The van der Waals surface area contributed by atoms with Gasteiger partial charge in [-0.1, -0.05) is 57.7 Å². The Morgan fingerprint density at radius 3 is 2.12 bits per heavy atom.